The third kappa shape index (κ3) is 2.70. The maximum absolute atomic E-state index is 11.6. The molecule has 0 atom stereocenters. The SMILES string of the molecule is O=C(CCS)N1CCC(N2CC(O)C2)CC1. The van der Waals surface area contributed by atoms with Gasteiger partial charge in [0.15, 0.2) is 0 Å². The molecule has 2 heterocycles. The summed E-state index contributed by atoms with van der Waals surface area (Å²) < 4.78 is 0. The molecule has 2 rings (SSSR count). The minimum absolute atomic E-state index is 0.121. The monoisotopic (exact) mass is 244 g/mol. The van der Waals surface area contributed by atoms with Gasteiger partial charge in [0.2, 0.25) is 5.91 Å². The van der Waals surface area contributed by atoms with E-state index in [0.29, 0.717) is 18.2 Å². The lowest BCUT2D eigenvalue weighted by Gasteiger charge is -2.45. The topological polar surface area (TPSA) is 43.8 Å². The molecule has 0 spiro atoms. The summed E-state index contributed by atoms with van der Waals surface area (Å²) in [6, 6.07) is 0.573. The van der Waals surface area contributed by atoms with E-state index >= 15 is 0 Å². The predicted octanol–water partition coefficient (Wildman–Crippen LogP) is -0.0262. The predicted molar refractivity (Wildman–Crippen MR) is 65.7 cm³/mol. The lowest BCUT2D eigenvalue weighted by Crippen LogP contribution is -2.58. The van der Waals surface area contributed by atoms with Gasteiger partial charge >= 0.3 is 0 Å². The van der Waals surface area contributed by atoms with Crippen molar-refractivity contribution in [3.63, 3.8) is 0 Å². The Hall–Kier alpha value is -0.260. The van der Waals surface area contributed by atoms with Gasteiger partial charge in [-0.1, -0.05) is 0 Å². The fourth-order valence-electron chi connectivity index (χ4n) is 2.52. The molecule has 92 valence electrons. The van der Waals surface area contributed by atoms with Crippen molar-refractivity contribution >= 4 is 18.5 Å². The first-order valence-electron chi connectivity index (χ1n) is 6.01. The van der Waals surface area contributed by atoms with Gasteiger partial charge in [0, 0.05) is 38.6 Å². The molecule has 0 saturated carbocycles. The molecule has 0 bridgehead atoms. The van der Waals surface area contributed by atoms with E-state index in [1.165, 1.54) is 0 Å². The van der Waals surface area contributed by atoms with Crippen molar-refractivity contribution in [3.8, 4) is 0 Å². The van der Waals surface area contributed by atoms with E-state index in [0.717, 1.165) is 39.0 Å². The van der Waals surface area contributed by atoms with Crippen LogP contribution in [0.3, 0.4) is 0 Å². The van der Waals surface area contributed by atoms with Crippen LogP contribution in [0.2, 0.25) is 0 Å². The second-order valence-electron chi connectivity index (χ2n) is 4.69. The smallest absolute Gasteiger partial charge is 0.223 e. The highest BCUT2D eigenvalue weighted by atomic mass is 32.1. The fourth-order valence-corrected chi connectivity index (χ4v) is 2.71. The zero-order valence-electron chi connectivity index (χ0n) is 9.51. The van der Waals surface area contributed by atoms with Gasteiger partial charge in [-0.2, -0.15) is 12.6 Å². The van der Waals surface area contributed by atoms with Crippen LogP contribution in [0, 0.1) is 0 Å². The van der Waals surface area contributed by atoms with Crippen molar-refractivity contribution in [1.82, 2.24) is 9.80 Å². The number of aliphatic hydroxyl groups excluding tert-OH is 1. The Bertz CT molecular complexity index is 248. The maximum atomic E-state index is 11.6. The van der Waals surface area contributed by atoms with Gasteiger partial charge in [0.1, 0.15) is 0 Å². The number of β-amino-alcohol motifs (C(OH)–C–C–N with tert-alkyl or cyclic N) is 1. The summed E-state index contributed by atoms with van der Waals surface area (Å²) >= 11 is 4.08. The number of piperidine rings is 1. The molecule has 2 aliphatic heterocycles. The molecule has 2 fully saturated rings. The maximum Gasteiger partial charge on any atom is 0.223 e. The van der Waals surface area contributed by atoms with Gasteiger partial charge in [-0.15, -0.1) is 0 Å². The average molecular weight is 244 g/mol. The van der Waals surface area contributed by atoms with Crippen molar-refractivity contribution < 1.29 is 9.90 Å². The van der Waals surface area contributed by atoms with E-state index in [1.807, 2.05) is 4.90 Å². The third-order valence-electron chi connectivity index (χ3n) is 3.55. The Morgan fingerprint density at radius 1 is 1.31 bits per heavy atom. The van der Waals surface area contributed by atoms with E-state index in [1.54, 1.807) is 0 Å². The molecular weight excluding hydrogens is 224 g/mol. The first-order valence-corrected chi connectivity index (χ1v) is 6.64. The molecular formula is C11H20N2O2S. The molecule has 1 amide bonds. The van der Waals surface area contributed by atoms with Crippen molar-refractivity contribution in [2.75, 3.05) is 31.9 Å². The lowest BCUT2D eigenvalue weighted by molar-refractivity contribution is -0.133. The van der Waals surface area contributed by atoms with Crippen LogP contribution < -0.4 is 0 Å². The zero-order chi connectivity index (χ0) is 11.5. The molecule has 2 aliphatic rings. The number of hydrogen-bond acceptors (Lipinski definition) is 4. The van der Waals surface area contributed by atoms with Crippen LogP contribution in [0.4, 0.5) is 0 Å². The molecule has 2 saturated heterocycles. The summed E-state index contributed by atoms with van der Waals surface area (Å²) in [6.07, 6.45) is 2.52. The number of likely N-dealkylation sites (tertiary alicyclic amines) is 2. The molecule has 16 heavy (non-hydrogen) atoms. The van der Waals surface area contributed by atoms with Crippen molar-refractivity contribution in [1.29, 1.82) is 0 Å². The molecule has 4 nitrogen and oxygen atoms in total. The van der Waals surface area contributed by atoms with Crippen LogP contribution in [-0.4, -0.2) is 64.9 Å². The average Bonchev–Trinajstić information content (AvgIpc) is 2.25. The Morgan fingerprint density at radius 3 is 2.44 bits per heavy atom. The Balaban J connectivity index is 1.72. The van der Waals surface area contributed by atoms with Crippen molar-refractivity contribution in [3.05, 3.63) is 0 Å². The highest BCUT2D eigenvalue weighted by Gasteiger charge is 2.33. The quantitative estimate of drug-likeness (QED) is 0.686. The number of carbonyl (C=O) groups is 1. The second kappa shape index (κ2) is 5.38. The third-order valence-corrected chi connectivity index (χ3v) is 3.77. The minimum atomic E-state index is -0.121. The summed E-state index contributed by atoms with van der Waals surface area (Å²) in [5.41, 5.74) is 0. The largest absolute Gasteiger partial charge is 0.390 e. The van der Waals surface area contributed by atoms with Crippen LogP contribution in [0.15, 0.2) is 0 Å². The summed E-state index contributed by atoms with van der Waals surface area (Å²) in [6.45, 7) is 3.36. The number of nitrogens with zero attached hydrogens (tertiary/aromatic N) is 2. The molecule has 1 N–H and O–H groups in total. The van der Waals surface area contributed by atoms with Gasteiger partial charge in [-0.05, 0) is 18.6 Å². The van der Waals surface area contributed by atoms with Gasteiger partial charge < -0.3 is 10.0 Å². The minimum Gasteiger partial charge on any atom is -0.390 e. The zero-order valence-corrected chi connectivity index (χ0v) is 10.4. The summed E-state index contributed by atoms with van der Waals surface area (Å²) in [4.78, 5) is 15.9. The van der Waals surface area contributed by atoms with E-state index in [4.69, 9.17) is 0 Å². The molecule has 0 aromatic carbocycles. The number of thiol groups is 1. The first kappa shape index (κ1) is 12.2. The Labute approximate surface area is 102 Å². The normalized spacial score (nSPS) is 24.5. The Morgan fingerprint density at radius 2 is 1.94 bits per heavy atom. The van der Waals surface area contributed by atoms with Gasteiger partial charge in [-0.25, -0.2) is 0 Å². The van der Waals surface area contributed by atoms with E-state index in [-0.39, 0.29) is 12.0 Å². The number of carbonyl (C=O) groups excluding carboxylic acids is 1. The molecule has 0 aliphatic carbocycles. The van der Waals surface area contributed by atoms with Gasteiger partial charge in [0.25, 0.3) is 0 Å². The number of hydrogen-bond donors (Lipinski definition) is 2. The van der Waals surface area contributed by atoms with E-state index < -0.39 is 0 Å². The number of amides is 1. The van der Waals surface area contributed by atoms with Crippen molar-refractivity contribution in [2.24, 2.45) is 0 Å². The van der Waals surface area contributed by atoms with Crippen LogP contribution >= 0.6 is 12.6 Å². The Kier molecular flexibility index (Phi) is 4.10. The van der Waals surface area contributed by atoms with E-state index in [2.05, 4.69) is 17.5 Å². The fraction of sp³-hybridized carbons (Fsp3) is 0.909. The van der Waals surface area contributed by atoms with Crippen LogP contribution in [0.1, 0.15) is 19.3 Å². The second-order valence-corrected chi connectivity index (χ2v) is 5.14. The van der Waals surface area contributed by atoms with Crippen molar-refractivity contribution in [2.45, 2.75) is 31.4 Å². The number of rotatable bonds is 3. The summed E-state index contributed by atoms with van der Waals surface area (Å²) in [7, 11) is 0. The molecule has 0 aromatic heterocycles. The van der Waals surface area contributed by atoms with E-state index in [9.17, 15) is 9.90 Å². The molecule has 5 heteroatoms. The standard InChI is InChI=1S/C11H20N2O2S/c14-10-7-13(8-10)9-1-4-12(5-2-9)11(15)3-6-16/h9-10,14,16H,1-8H2. The first-order chi connectivity index (χ1) is 7.70. The van der Waals surface area contributed by atoms with Crippen LogP contribution in [0.25, 0.3) is 0 Å². The van der Waals surface area contributed by atoms with Gasteiger partial charge in [0.05, 0.1) is 6.10 Å². The molecule has 0 aromatic rings. The molecule has 0 radical (unpaired) electrons. The lowest BCUT2D eigenvalue weighted by atomic mass is 9.98. The van der Waals surface area contributed by atoms with Crippen LogP contribution in [0.5, 0.6) is 0 Å². The summed E-state index contributed by atoms with van der Waals surface area (Å²) in [5.74, 6) is 0.869. The highest BCUT2D eigenvalue weighted by Crippen LogP contribution is 2.21. The highest BCUT2D eigenvalue weighted by molar-refractivity contribution is 7.80. The van der Waals surface area contributed by atoms with Gasteiger partial charge in [-0.3, -0.25) is 9.69 Å². The van der Waals surface area contributed by atoms with Crippen LogP contribution in [-0.2, 0) is 4.79 Å². The molecule has 0 unspecified atom stereocenters. The number of aliphatic hydroxyl groups is 1. The summed E-state index contributed by atoms with van der Waals surface area (Å²) in [5, 5.41) is 9.24.